The molecule has 1 aliphatic rings. The lowest BCUT2D eigenvalue weighted by molar-refractivity contribution is 0.471. The molecule has 0 saturated heterocycles. The van der Waals surface area contributed by atoms with Crippen molar-refractivity contribution in [3.05, 3.63) is 0 Å². The van der Waals surface area contributed by atoms with Gasteiger partial charge in [-0.3, -0.25) is 0 Å². The number of hydrogen-bond donors (Lipinski definition) is 0. The molecule has 0 radical (unpaired) electrons. The third-order valence-corrected chi connectivity index (χ3v) is 5.84. The fourth-order valence-electron chi connectivity index (χ4n) is 1.99. The Balaban J connectivity index is 3.17. The Morgan fingerprint density at radius 3 is 1.63 bits per heavy atom. The van der Waals surface area contributed by atoms with Crippen molar-refractivity contribution < 1.29 is 4.21 Å². The molecule has 0 aromatic rings. The van der Waals surface area contributed by atoms with Crippen LogP contribution >= 0.6 is 0 Å². The molecular formula is C16H29NOS. The van der Waals surface area contributed by atoms with Gasteiger partial charge >= 0.3 is 0 Å². The van der Waals surface area contributed by atoms with E-state index in [0.29, 0.717) is 11.5 Å². The van der Waals surface area contributed by atoms with Crippen LogP contribution in [0.25, 0.3) is 0 Å². The fourth-order valence-corrected chi connectivity index (χ4v) is 5.03. The largest absolute Gasteiger partial charge is 0.250 e. The number of nitrogens with zero attached hydrogens (tertiary/aromatic N) is 1. The monoisotopic (exact) mass is 283 g/mol. The van der Waals surface area contributed by atoms with Crippen molar-refractivity contribution in [3.63, 3.8) is 0 Å². The van der Waals surface area contributed by atoms with Gasteiger partial charge in [0.15, 0.2) is 0 Å². The average Bonchev–Trinajstić information content (AvgIpc) is 2.22. The van der Waals surface area contributed by atoms with Gasteiger partial charge in [-0.15, -0.1) is 0 Å². The first kappa shape index (κ1) is 16.6. The summed E-state index contributed by atoms with van der Waals surface area (Å²) in [6.45, 7) is 14.6. The minimum absolute atomic E-state index is 0.0718. The van der Waals surface area contributed by atoms with E-state index >= 15 is 0 Å². The highest BCUT2D eigenvalue weighted by atomic mass is 32.2. The van der Waals surface area contributed by atoms with Crippen LogP contribution in [0.3, 0.4) is 0 Å². The zero-order valence-corrected chi connectivity index (χ0v) is 14.4. The summed E-state index contributed by atoms with van der Waals surface area (Å²) in [7, 11) is -2.13. The summed E-state index contributed by atoms with van der Waals surface area (Å²) in [5, 5.41) is 0. The van der Waals surface area contributed by atoms with E-state index in [9.17, 15) is 4.21 Å². The Morgan fingerprint density at radius 1 is 0.947 bits per heavy atom. The molecule has 0 N–H and O–H groups in total. The van der Waals surface area contributed by atoms with E-state index in [2.05, 4.69) is 43.9 Å². The van der Waals surface area contributed by atoms with Crippen molar-refractivity contribution in [1.82, 2.24) is 0 Å². The second kappa shape index (κ2) is 5.13. The normalized spacial score (nSPS) is 25.2. The first-order valence-electron chi connectivity index (χ1n) is 7.11. The average molecular weight is 283 g/mol. The second-order valence-corrected chi connectivity index (χ2v) is 10.5. The molecular weight excluding hydrogens is 254 g/mol. The summed E-state index contributed by atoms with van der Waals surface area (Å²) >= 11 is 0. The fraction of sp³-hybridized carbons (Fsp3) is 0.875. The Bertz CT molecular complexity index is 473. The maximum absolute atomic E-state index is 13.1. The second-order valence-electron chi connectivity index (χ2n) is 7.96. The van der Waals surface area contributed by atoms with Crippen molar-refractivity contribution in [3.8, 4) is 11.8 Å². The third-order valence-electron chi connectivity index (χ3n) is 3.27. The molecule has 0 fully saturated rings. The van der Waals surface area contributed by atoms with Crippen LogP contribution in [-0.4, -0.2) is 21.3 Å². The molecule has 0 unspecified atom stereocenters. The van der Waals surface area contributed by atoms with Gasteiger partial charge in [-0.05, 0) is 61.3 Å². The zero-order chi connectivity index (χ0) is 14.9. The lowest BCUT2D eigenvalue weighted by atomic mass is 9.86. The predicted octanol–water partition coefficient (Wildman–Crippen LogP) is 4.10. The maximum atomic E-state index is 13.1. The Labute approximate surface area is 119 Å². The van der Waals surface area contributed by atoms with Gasteiger partial charge in [0.1, 0.15) is 0 Å². The Hall–Kier alpha value is -0.490. The van der Waals surface area contributed by atoms with E-state index in [4.69, 9.17) is 0 Å². The van der Waals surface area contributed by atoms with Gasteiger partial charge in [0.25, 0.3) is 0 Å². The van der Waals surface area contributed by atoms with Crippen molar-refractivity contribution in [1.29, 1.82) is 0 Å². The first-order valence-corrected chi connectivity index (χ1v) is 8.96. The molecule has 1 aliphatic heterocycles. The minimum atomic E-state index is -2.13. The SMILES string of the molecule is CC1(C)C#CC(C)(C)CCS(=O)(=NC(C)(C)C)CC1. The lowest BCUT2D eigenvalue weighted by Gasteiger charge is -2.22. The van der Waals surface area contributed by atoms with E-state index in [1.54, 1.807) is 0 Å². The number of hydrogen-bond acceptors (Lipinski definition) is 2. The maximum Gasteiger partial charge on any atom is 0.0618 e. The van der Waals surface area contributed by atoms with Crippen LogP contribution in [0, 0.1) is 22.7 Å². The molecule has 2 nitrogen and oxygen atoms in total. The lowest BCUT2D eigenvalue weighted by Crippen LogP contribution is -2.23. The van der Waals surface area contributed by atoms with Gasteiger partial charge in [-0.2, -0.15) is 0 Å². The van der Waals surface area contributed by atoms with Crippen LogP contribution < -0.4 is 0 Å². The molecule has 0 aromatic carbocycles. The van der Waals surface area contributed by atoms with Crippen LogP contribution in [0.4, 0.5) is 0 Å². The van der Waals surface area contributed by atoms with Crippen LogP contribution in [0.1, 0.15) is 61.3 Å². The van der Waals surface area contributed by atoms with Crippen LogP contribution in [-0.2, 0) is 9.73 Å². The van der Waals surface area contributed by atoms with Gasteiger partial charge in [0, 0.05) is 32.1 Å². The molecule has 0 aliphatic carbocycles. The highest BCUT2D eigenvalue weighted by Gasteiger charge is 2.26. The standard InChI is InChI=1S/C16H29NOS/c1-14(2,3)17-19(18)12-10-15(4,5)8-9-16(6,7)11-13-19/h10-13H2,1-7H3. The third kappa shape index (κ3) is 5.99. The van der Waals surface area contributed by atoms with Crippen LogP contribution in [0.5, 0.6) is 0 Å². The van der Waals surface area contributed by atoms with E-state index in [-0.39, 0.29) is 16.4 Å². The van der Waals surface area contributed by atoms with Crippen molar-refractivity contribution >= 4 is 9.73 Å². The highest BCUT2D eigenvalue weighted by molar-refractivity contribution is 7.93. The molecule has 0 bridgehead atoms. The van der Waals surface area contributed by atoms with Gasteiger partial charge in [0.2, 0.25) is 0 Å². The van der Waals surface area contributed by atoms with Gasteiger partial charge in [-0.25, -0.2) is 8.57 Å². The molecule has 1 heterocycles. The van der Waals surface area contributed by atoms with E-state index in [1.165, 1.54) is 0 Å². The summed E-state index contributed by atoms with van der Waals surface area (Å²) < 4.78 is 17.7. The van der Waals surface area contributed by atoms with Crippen molar-refractivity contribution in [2.45, 2.75) is 66.8 Å². The molecule has 1 rings (SSSR count). The zero-order valence-electron chi connectivity index (χ0n) is 13.6. The van der Waals surface area contributed by atoms with Crippen molar-refractivity contribution in [2.75, 3.05) is 11.5 Å². The summed E-state index contributed by atoms with van der Waals surface area (Å²) in [6.07, 6.45) is 1.71. The highest BCUT2D eigenvalue weighted by Crippen LogP contribution is 2.29. The van der Waals surface area contributed by atoms with Crippen LogP contribution in [0.2, 0.25) is 0 Å². The predicted molar refractivity (Wildman–Crippen MR) is 84.6 cm³/mol. The number of rotatable bonds is 0. The molecule has 3 heteroatoms. The summed E-state index contributed by atoms with van der Waals surface area (Å²) in [5.41, 5.74) is -0.379. The Morgan fingerprint density at radius 2 is 1.32 bits per heavy atom. The molecule has 0 amide bonds. The molecule has 110 valence electrons. The summed E-state index contributed by atoms with van der Waals surface area (Å²) in [6, 6.07) is 0. The van der Waals surface area contributed by atoms with Gasteiger partial charge < -0.3 is 0 Å². The molecule has 0 saturated carbocycles. The van der Waals surface area contributed by atoms with Gasteiger partial charge in [0.05, 0.1) is 5.54 Å². The Kier molecular flexibility index (Phi) is 4.47. The van der Waals surface area contributed by atoms with E-state index < -0.39 is 9.73 Å². The smallest absolute Gasteiger partial charge is 0.0618 e. The van der Waals surface area contributed by atoms with Gasteiger partial charge in [-0.1, -0.05) is 11.8 Å². The summed E-state index contributed by atoms with van der Waals surface area (Å²) in [4.78, 5) is 0. The van der Waals surface area contributed by atoms with E-state index in [0.717, 1.165) is 12.8 Å². The minimum Gasteiger partial charge on any atom is -0.250 e. The molecule has 0 aromatic heterocycles. The first-order chi connectivity index (χ1) is 8.33. The summed E-state index contributed by atoms with van der Waals surface area (Å²) in [5.74, 6) is 8.09. The molecule has 0 spiro atoms. The van der Waals surface area contributed by atoms with Crippen molar-refractivity contribution in [2.24, 2.45) is 15.2 Å². The molecule has 0 atom stereocenters. The molecule has 19 heavy (non-hydrogen) atoms. The van der Waals surface area contributed by atoms with E-state index in [1.807, 2.05) is 20.8 Å². The topological polar surface area (TPSA) is 29.4 Å². The quantitative estimate of drug-likeness (QED) is 0.615. The van der Waals surface area contributed by atoms with Crippen LogP contribution in [0.15, 0.2) is 4.36 Å².